The monoisotopic (exact) mass is 525 g/mol. The van der Waals surface area contributed by atoms with E-state index in [0.717, 1.165) is 4.90 Å². The van der Waals surface area contributed by atoms with Gasteiger partial charge >= 0.3 is 18.4 Å². The van der Waals surface area contributed by atoms with E-state index in [-0.39, 0.29) is 6.92 Å². The Kier molecular flexibility index (Phi) is 37.7. The molecule has 0 radical (unpaired) electrons. The molecular weight excluding hydrogens is 503 g/mol. The van der Waals surface area contributed by atoms with Crippen molar-refractivity contribution in [2.75, 3.05) is 48.7 Å². The summed E-state index contributed by atoms with van der Waals surface area (Å²) in [6.07, 6.45) is -14.0. The van der Waals surface area contributed by atoms with Crippen LogP contribution in [0, 0.1) is 0 Å². The smallest absolute Gasteiger partial charge is 0.321 e. The van der Waals surface area contributed by atoms with Crippen LogP contribution in [-0.4, -0.2) is 77.9 Å². The second-order valence-corrected chi connectivity index (χ2v) is 4.33. The average molecular weight is 525 g/mol. The van der Waals surface area contributed by atoms with Crippen molar-refractivity contribution in [3.05, 3.63) is 0 Å². The number of hydrogen-bond donors (Lipinski definition) is 0. The predicted octanol–water partition coefficient (Wildman–Crippen LogP) is 7.01. The highest BCUT2D eigenvalue weighted by Gasteiger charge is 2.49. The molecule has 0 aliphatic heterocycles. The summed E-state index contributed by atoms with van der Waals surface area (Å²) in [6.45, 7) is -6.53. The molecule has 0 rings (SSSR count). The van der Waals surface area contributed by atoms with Gasteiger partial charge < -0.3 is 4.90 Å². The van der Waals surface area contributed by atoms with E-state index in [1.165, 1.54) is 14.1 Å². The Labute approximate surface area is 173 Å². The van der Waals surface area contributed by atoms with Gasteiger partial charge in [-0.1, -0.05) is 0 Å². The fourth-order valence-corrected chi connectivity index (χ4v) is 0.608. The van der Waals surface area contributed by atoms with Gasteiger partial charge in [0.05, 0.1) is 7.18 Å². The first-order valence-corrected chi connectivity index (χ1v) is 7.04. The molecule has 0 fully saturated rings. The second-order valence-electron chi connectivity index (χ2n) is 4.33. The SMILES string of the molecule is CC(F)(CF)OC(F)(F)CC(F)(F)F.CF.CN(C)C(=O)F.FCF.FCF.FCOF. The molecular formula is C13H22F15NO3. The van der Waals surface area contributed by atoms with E-state index >= 15 is 0 Å². The van der Waals surface area contributed by atoms with Crippen LogP contribution >= 0.6 is 0 Å². The number of halogens is 15. The maximum atomic E-state index is 12.4. The van der Waals surface area contributed by atoms with Crippen molar-refractivity contribution in [3.63, 3.8) is 0 Å². The lowest BCUT2D eigenvalue weighted by Gasteiger charge is -2.25. The molecule has 4 nitrogen and oxygen atoms in total. The molecule has 0 aromatic rings. The Balaban J connectivity index is -0.0000000775. The Morgan fingerprint density at radius 2 is 1.09 bits per heavy atom. The summed E-state index contributed by atoms with van der Waals surface area (Å²) in [6, 6.07) is 0. The molecule has 0 bridgehead atoms. The van der Waals surface area contributed by atoms with Crippen molar-refractivity contribution in [3.8, 4) is 0 Å². The Bertz CT molecular complexity index is 367. The topological polar surface area (TPSA) is 38.8 Å². The number of alkyl halides is 13. The quantitative estimate of drug-likeness (QED) is 0.220. The number of amides is 1. The van der Waals surface area contributed by atoms with Crippen LogP contribution in [0.4, 0.5) is 70.8 Å². The highest BCUT2D eigenvalue weighted by Crippen LogP contribution is 2.35. The summed E-state index contributed by atoms with van der Waals surface area (Å²) in [5.74, 6) is -3.42. The summed E-state index contributed by atoms with van der Waals surface area (Å²) in [4.78, 5) is 12.6. The standard InChI is InChI=1S/C6H7F7O.C3H6FNO.CH2F2O.2CH2F2.CH3F/c1-4(8,3-7)14-6(12,13)2-5(9,10)11;1-5(2)3(4)6;2-1-4-3;2*2-1-3;1-2/h2-3H2,1H3;1-2H3;1H2;2*1H2;1H3. The van der Waals surface area contributed by atoms with Crippen molar-refractivity contribution in [1.29, 1.82) is 0 Å². The van der Waals surface area contributed by atoms with Crippen LogP contribution in [0.25, 0.3) is 0 Å². The maximum absolute atomic E-state index is 12.4. The van der Waals surface area contributed by atoms with E-state index in [9.17, 15) is 70.8 Å². The molecule has 1 unspecified atom stereocenters. The van der Waals surface area contributed by atoms with E-state index in [1.54, 1.807) is 0 Å². The van der Waals surface area contributed by atoms with Gasteiger partial charge in [-0.05, 0) is 11.4 Å². The maximum Gasteiger partial charge on any atom is 0.399 e. The van der Waals surface area contributed by atoms with Gasteiger partial charge in [0.25, 0.3) is 0 Å². The lowest BCUT2D eigenvalue weighted by molar-refractivity contribution is -0.355. The Morgan fingerprint density at radius 3 is 1.22 bits per heavy atom. The van der Waals surface area contributed by atoms with Crippen molar-refractivity contribution in [1.82, 2.24) is 4.90 Å². The third-order valence-electron chi connectivity index (χ3n) is 1.40. The van der Waals surface area contributed by atoms with Crippen molar-refractivity contribution < 1.29 is 80.5 Å². The molecule has 0 N–H and O–H groups in total. The average Bonchev–Trinajstić information content (AvgIpc) is 2.62. The minimum Gasteiger partial charge on any atom is -0.321 e. The van der Waals surface area contributed by atoms with Gasteiger partial charge in [0.15, 0.2) is 0 Å². The van der Waals surface area contributed by atoms with Gasteiger partial charge in [-0.25, -0.2) is 35.5 Å². The van der Waals surface area contributed by atoms with E-state index < -0.39 is 58.1 Å². The summed E-state index contributed by atoms with van der Waals surface area (Å²) >= 11 is 0. The third kappa shape index (κ3) is 63.0. The summed E-state index contributed by atoms with van der Waals surface area (Å²) in [5, 5.41) is 0. The molecule has 0 aromatic carbocycles. The van der Waals surface area contributed by atoms with E-state index in [4.69, 9.17) is 0 Å². The van der Waals surface area contributed by atoms with Gasteiger partial charge in [-0.15, -0.1) is 4.39 Å². The molecule has 32 heavy (non-hydrogen) atoms. The molecule has 1 amide bonds. The largest absolute Gasteiger partial charge is 0.399 e. The van der Waals surface area contributed by atoms with Crippen molar-refractivity contribution >= 4 is 6.16 Å². The van der Waals surface area contributed by atoms with Gasteiger partial charge in [0, 0.05) is 14.1 Å². The van der Waals surface area contributed by atoms with Crippen LogP contribution < -0.4 is 0 Å². The number of nitrogens with zero attached hydrogens (tertiary/aromatic N) is 1. The lowest BCUT2D eigenvalue weighted by atomic mass is 10.3. The molecule has 0 saturated carbocycles. The van der Waals surface area contributed by atoms with Gasteiger partial charge in [-0.3, -0.25) is 9.13 Å². The van der Waals surface area contributed by atoms with Gasteiger partial charge in [0.1, 0.15) is 13.1 Å². The predicted molar refractivity (Wildman–Crippen MR) is 81.7 cm³/mol. The van der Waals surface area contributed by atoms with Crippen molar-refractivity contribution in [2.45, 2.75) is 31.5 Å². The van der Waals surface area contributed by atoms with Crippen LogP contribution in [0.1, 0.15) is 13.3 Å². The van der Waals surface area contributed by atoms with Crippen LogP contribution in [0.15, 0.2) is 0 Å². The number of rotatable bonds is 5. The molecule has 0 aliphatic rings. The molecule has 1 atom stereocenters. The van der Waals surface area contributed by atoms with Crippen LogP contribution in [-0.2, 0) is 9.68 Å². The zero-order chi connectivity index (χ0) is 27.6. The number of ether oxygens (including phenoxy) is 1. The fourth-order valence-electron chi connectivity index (χ4n) is 0.608. The fraction of sp³-hybridized carbons (Fsp3) is 0.923. The molecule has 202 valence electrons. The van der Waals surface area contributed by atoms with Gasteiger partial charge in [-0.2, -0.15) is 26.9 Å². The second kappa shape index (κ2) is 27.4. The lowest BCUT2D eigenvalue weighted by Crippen LogP contribution is -2.38. The minimum absolute atomic E-state index is 0.275. The highest BCUT2D eigenvalue weighted by atomic mass is 19.4. The molecule has 0 spiro atoms. The minimum atomic E-state index is -5.21. The first-order chi connectivity index (χ1) is 14.4. The first-order valence-electron chi connectivity index (χ1n) is 7.04. The van der Waals surface area contributed by atoms with E-state index in [2.05, 4.69) is 9.68 Å². The van der Waals surface area contributed by atoms with Crippen LogP contribution in [0.5, 0.6) is 0 Å². The Morgan fingerprint density at radius 1 is 0.844 bits per heavy atom. The van der Waals surface area contributed by atoms with Crippen LogP contribution in [0.2, 0.25) is 0 Å². The number of carbonyl (C=O) groups excluding carboxylic acids is 1. The van der Waals surface area contributed by atoms with Crippen molar-refractivity contribution in [2.24, 2.45) is 0 Å². The highest BCUT2D eigenvalue weighted by molar-refractivity contribution is 5.64. The number of carbonyl (C=O) groups is 1. The van der Waals surface area contributed by atoms with Gasteiger partial charge in [0.2, 0.25) is 26.6 Å². The Hall–Kier alpha value is -1.66. The summed E-state index contributed by atoms with van der Waals surface area (Å²) < 4.78 is 165. The zero-order valence-corrected chi connectivity index (χ0v) is 16.9. The molecule has 19 heteroatoms. The third-order valence-corrected chi connectivity index (χ3v) is 1.40. The van der Waals surface area contributed by atoms with Crippen LogP contribution in [0.3, 0.4) is 0 Å². The first kappa shape index (κ1) is 44.1. The normalized spacial score (nSPS) is 11.6. The molecule has 0 heterocycles. The molecule has 0 saturated heterocycles. The van der Waals surface area contributed by atoms with E-state index in [1.807, 2.05) is 0 Å². The molecule has 0 aliphatic carbocycles. The molecule has 0 aromatic heterocycles. The number of hydrogen-bond acceptors (Lipinski definition) is 3. The van der Waals surface area contributed by atoms with E-state index in [0.29, 0.717) is 7.18 Å². The summed E-state index contributed by atoms with van der Waals surface area (Å²) in [5.41, 5.74) is 0. The zero-order valence-electron chi connectivity index (χ0n) is 16.9. The summed E-state index contributed by atoms with van der Waals surface area (Å²) in [7, 11) is 3.20.